The zero-order valence-electron chi connectivity index (χ0n) is 21.0. The maximum atomic E-state index is 13.4. The lowest BCUT2D eigenvalue weighted by Gasteiger charge is -2.30. The lowest BCUT2D eigenvalue weighted by atomic mass is 9.88. The van der Waals surface area contributed by atoms with Crippen molar-refractivity contribution >= 4 is 15.8 Å². The lowest BCUT2D eigenvalue weighted by Crippen LogP contribution is -2.40. The average molecular weight is 535 g/mol. The normalized spacial score (nSPS) is 20.3. The summed E-state index contributed by atoms with van der Waals surface area (Å²) >= 11 is 0. The quantitative estimate of drug-likeness (QED) is 0.470. The van der Waals surface area contributed by atoms with Gasteiger partial charge in [0.05, 0.1) is 16.0 Å². The number of hydrogen-bond acceptors (Lipinski definition) is 7. The topological polar surface area (TPSA) is 106 Å². The van der Waals surface area contributed by atoms with Gasteiger partial charge in [-0.1, -0.05) is 24.3 Å². The van der Waals surface area contributed by atoms with E-state index in [9.17, 15) is 18.3 Å². The van der Waals surface area contributed by atoms with Crippen LogP contribution in [0.4, 0.5) is 0 Å². The Morgan fingerprint density at radius 3 is 2.61 bits per heavy atom. The number of piperidine rings is 1. The van der Waals surface area contributed by atoms with Crippen molar-refractivity contribution < 1.29 is 27.8 Å². The second-order valence-electron chi connectivity index (χ2n) is 10.3. The van der Waals surface area contributed by atoms with E-state index < -0.39 is 15.4 Å². The minimum Gasteiger partial charge on any atom is -0.454 e. The number of nitrogens with zero attached hydrogens (tertiary/aromatic N) is 2. The molecule has 0 radical (unpaired) electrons. The summed E-state index contributed by atoms with van der Waals surface area (Å²) in [4.78, 5) is 18.3. The SMILES string of the molecule is O=C(Cc1cccc(-c2ccc(S(=O)(=O)N3CCCC(CO)C3)cc2)n1)C1(c2ccc3c(c2)OCO3)CC1. The van der Waals surface area contributed by atoms with Crippen LogP contribution in [0.15, 0.2) is 65.6 Å². The zero-order chi connectivity index (χ0) is 26.3. The summed E-state index contributed by atoms with van der Waals surface area (Å²) in [5, 5.41) is 9.46. The highest BCUT2D eigenvalue weighted by atomic mass is 32.2. The number of carbonyl (C=O) groups is 1. The first kappa shape index (κ1) is 25.0. The Balaban J connectivity index is 1.17. The molecule has 1 unspecified atom stereocenters. The van der Waals surface area contributed by atoms with Gasteiger partial charge in [0.2, 0.25) is 16.8 Å². The molecule has 0 amide bonds. The fraction of sp³-hybridized carbons (Fsp3) is 0.379. The van der Waals surface area contributed by atoms with Crippen LogP contribution < -0.4 is 9.47 Å². The number of ether oxygens (including phenoxy) is 2. The maximum Gasteiger partial charge on any atom is 0.243 e. The van der Waals surface area contributed by atoms with Crippen LogP contribution in [-0.2, 0) is 26.7 Å². The highest BCUT2D eigenvalue weighted by Crippen LogP contribution is 2.51. The molecule has 3 heterocycles. The first-order valence-electron chi connectivity index (χ1n) is 13.0. The van der Waals surface area contributed by atoms with E-state index in [4.69, 9.17) is 14.5 Å². The smallest absolute Gasteiger partial charge is 0.243 e. The third-order valence-corrected chi connectivity index (χ3v) is 9.76. The third-order valence-electron chi connectivity index (χ3n) is 7.89. The number of hydrogen-bond donors (Lipinski definition) is 1. The number of rotatable bonds is 8. The molecule has 2 aromatic carbocycles. The molecule has 9 heteroatoms. The van der Waals surface area contributed by atoms with Gasteiger partial charge in [0.1, 0.15) is 5.78 Å². The van der Waals surface area contributed by atoms with E-state index in [1.807, 2.05) is 36.4 Å². The minimum atomic E-state index is -3.63. The van der Waals surface area contributed by atoms with Crippen LogP contribution in [0.5, 0.6) is 11.5 Å². The number of ketones is 1. The van der Waals surface area contributed by atoms with Gasteiger partial charge in [0.15, 0.2) is 11.5 Å². The van der Waals surface area contributed by atoms with Gasteiger partial charge >= 0.3 is 0 Å². The fourth-order valence-electron chi connectivity index (χ4n) is 5.46. The van der Waals surface area contributed by atoms with Crippen LogP contribution >= 0.6 is 0 Å². The van der Waals surface area contributed by atoms with E-state index in [1.54, 1.807) is 24.3 Å². The van der Waals surface area contributed by atoms with Gasteiger partial charge in [-0.05, 0) is 73.6 Å². The Hall–Kier alpha value is -3.27. The van der Waals surface area contributed by atoms with Gasteiger partial charge in [0, 0.05) is 37.4 Å². The number of benzene rings is 2. The van der Waals surface area contributed by atoms with E-state index in [0.29, 0.717) is 36.0 Å². The number of aliphatic hydroxyl groups is 1. The first-order chi connectivity index (χ1) is 18.4. The van der Waals surface area contributed by atoms with Crippen molar-refractivity contribution in [3.8, 4) is 22.8 Å². The predicted octanol–water partition coefficient (Wildman–Crippen LogP) is 3.71. The highest BCUT2D eigenvalue weighted by Gasteiger charge is 2.51. The molecule has 0 spiro atoms. The number of fused-ring (bicyclic) bond motifs is 1. The summed E-state index contributed by atoms with van der Waals surface area (Å²) in [6.45, 7) is 0.997. The van der Waals surface area contributed by atoms with Gasteiger partial charge < -0.3 is 14.6 Å². The molecule has 198 valence electrons. The Morgan fingerprint density at radius 2 is 1.84 bits per heavy atom. The standard InChI is InChI=1S/C29H30N2O6S/c32-18-20-3-2-14-31(17-20)38(34,35)24-9-6-21(7-10-24)25-5-1-4-23(30-25)16-28(33)29(12-13-29)22-8-11-26-27(15-22)37-19-36-26/h1,4-11,15,20,32H,2-3,12-14,16-19H2. The number of Topliss-reactive ketones (excluding diaryl/α,β-unsaturated/α-hetero) is 1. The van der Waals surface area contributed by atoms with Gasteiger partial charge in [-0.15, -0.1) is 0 Å². The van der Waals surface area contributed by atoms with Crippen molar-refractivity contribution in [1.29, 1.82) is 0 Å². The van der Waals surface area contributed by atoms with Crippen molar-refractivity contribution in [2.75, 3.05) is 26.5 Å². The largest absolute Gasteiger partial charge is 0.454 e. The summed E-state index contributed by atoms with van der Waals surface area (Å²) in [5.41, 5.74) is 2.60. The zero-order valence-corrected chi connectivity index (χ0v) is 21.8. The number of aliphatic hydroxyl groups excluding tert-OH is 1. The molecule has 1 N–H and O–H groups in total. The number of aromatic nitrogens is 1. The highest BCUT2D eigenvalue weighted by molar-refractivity contribution is 7.89. The van der Waals surface area contributed by atoms with Gasteiger partial charge in [-0.25, -0.2) is 8.42 Å². The molecular weight excluding hydrogens is 504 g/mol. The van der Waals surface area contributed by atoms with Gasteiger partial charge in [-0.2, -0.15) is 4.31 Å². The van der Waals surface area contributed by atoms with Gasteiger partial charge in [-0.3, -0.25) is 9.78 Å². The van der Waals surface area contributed by atoms with Crippen molar-refractivity contribution in [1.82, 2.24) is 9.29 Å². The molecule has 3 aliphatic rings. The molecule has 1 atom stereocenters. The monoisotopic (exact) mass is 534 g/mol. The van der Waals surface area contributed by atoms with E-state index >= 15 is 0 Å². The van der Waals surface area contributed by atoms with E-state index in [2.05, 4.69) is 0 Å². The maximum absolute atomic E-state index is 13.4. The molecule has 6 rings (SSSR count). The molecule has 1 aliphatic carbocycles. The Labute approximate surface area is 222 Å². The molecule has 1 aromatic heterocycles. The minimum absolute atomic E-state index is 0.00666. The number of sulfonamides is 1. The van der Waals surface area contributed by atoms with Crippen LogP contribution in [0, 0.1) is 5.92 Å². The Kier molecular flexibility index (Phi) is 6.45. The summed E-state index contributed by atoms with van der Waals surface area (Å²) in [7, 11) is -3.63. The second kappa shape index (κ2) is 9.80. The van der Waals surface area contributed by atoms with Crippen LogP contribution in [0.25, 0.3) is 11.3 Å². The van der Waals surface area contributed by atoms with Gasteiger partial charge in [0.25, 0.3) is 0 Å². The van der Waals surface area contributed by atoms with Crippen molar-refractivity contribution in [3.05, 3.63) is 71.9 Å². The number of pyridine rings is 1. The Bertz CT molecular complexity index is 1470. The summed E-state index contributed by atoms with van der Waals surface area (Å²) in [6, 6.07) is 18.0. The first-order valence-corrected chi connectivity index (χ1v) is 14.4. The second-order valence-corrected chi connectivity index (χ2v) is 12.3. The van der Waals surface area contributed by atoms with E-state index in [0.717, 1.165) is 36.8 Å². The van der Waals surface area contributed by atoms with Crippen molar-refractivity contribution in [2.24, 2.45) is 5.92 Å². The molecular formula is C29H30N2O6S. The van der Waals surface area contributed by atoms with Crippen molar-refractivity contribution in [2.45, 2.75) is 42.4 Å². The Morgan fingerprint density at radius 1 is 1.05 bits per heavy atom. The molecule has 2 aliphatic heterocycles. The van der Waals surface area contributed by atoms with E-state index in [1.165, 1.54) is 4.31 Å². The molecule has 0 bridgehead atoms. The third kappa shape index (κ3) is 4.59. The summed E-state index contributed by atoms with van der Waals surface area (Å²) in [5.74, 6) is 1.49. The van der Waals surface area contributed by atoms with Crippen LogP contribution in [0.3, 0.4) is 0 Å². The van der Waals surface area contributed by atoms with Crippen LogP contribution in [0.1, 0.15) is 36.9 Å². The van der Waals surface area contributed by atoms with Crippen LogP contribution in [-0.4, -0.2) is 55.1 Å². The fourth-order valence-corrected chi connectivity index (χ4v) is 7.02. The molecule has 2 fully saturated rings. The van der Waals surface area contributed by atoms with Crippen molar-refractivity contribution in [3.63, 3.8) is 0 Å². The lowest BCUT2D eigenvalue weighted by molar-refractivity contribution is -0.120. The van der Waals surface area contributed by atoms with Crippen LogP contribution in [0.2, 0.25) is 0 Å². The molecule has 1 saturated carbocycles. The van der Waals surface area contributed by atoms with E-state index in [-0.39, 0.29) is 36.4 Å². The molecule has 1 saturated heterocycles. The average Bonchev–Trinajstić information content (AvgIpc) is 3.64. The predicted molar refractivity (Wildman–Crippen MR) is 140 cm³/mol. The summed E-state index contributed by atoms with van der Waals surface area (Å²) in [6.07, 6.45) is 3.40. The molecule has 3 aromatic rings. The molecule has 38 heavy (non-hydrogen) atoms. The number of carbonyl (C=O) groups excluding carboxylic acids is 1. The summed E-state index contributed by atoms with van der Waals surface area (Å²) < 4.78 is 38.6. The molecule has 8 nitrogen and oxygen atoms in total.